The molecule has 2 aromatic carbocycles. The molecule has 0 spiro atoms. The maximum Gasteiger partial charge on any atom is 0.255 e. The van der Waals surface area contributed by atoms with Gasteiger partial charge in [-0.2, -0.15) is 0 Å². The third kappa shape index (κ3) is 3.33. The summed E-state index contributed by atoms with van der Waals surface area (Å²) < 4.78 is 6.84. The molecule has 1 heterocycles. The summed E-state index contributed by atoms with van der Waals surface area (Å²) in [6.45, 7) is 3.89. The van der Waals surface area contributed by atoms with Crippen LogP contribution in [0.1, 0.15) is 27.6 Å². The summed E-state index contributed by atoms with van der Waals surface area (Å²) in [5, 5.41) is 0. The molecule has 2 aromatic rings. The molecule has 114 valence electrons. The molecule has 3 nitrogen and oxygen atoms in total. The Morgan fingerprint density at radius 3 is 2.64 bits per heavy atom. The van der Waals surface area contributed by atoms with Gasteiger partial charge in [0.2, 0.25) is 0 Å². The van der Waals surface area contributed by atoms with Crippen molar-refractivity contribution in [3.63, 3.8) is 0 Å². The van der Waals surface area contributed by atoms with Gasteiger partial charge in [0.05, 0.1) is 18.7 Å². The first-order chi connectivity index (χ1) is 10.6. The molecule has 1 aliphatic rings. The number of ether oxygens (including phenoxy) is 1. The Morgan fingerprint density at radius 1 is 1.18 bits per heavy atom. The predicted molar refractivity (Wildman–Crippen MR) is 94.9 cm³/mol. The molecular weight excluding hydrogens is 389 g/mol. The zero-order chi connectivity index (χ0) is 15.5. The molecule has 0 aromatic heterocycles. The van der Waals surface area contributed by atoms with Crippen LogP contribution in [0.5, 0.6) is 0 Å². The SMILES string of the molecule is Cc1ccc(C2CN(C(=O)c3ccccc3I)CCO2)cc1. The Labute approximate surface area is 144 Å². The lowest BCUT2D eigenvalue weighted by Crippen LogP contribution is -2.42. The fraction of sp³-hybridized carbons (Fsp3) is 0.278. The van der Waals surface area contributed by atoms with E-state index in [0.717, 1.165) is 14.7 Å². The van der Waals surface area contributed by atoms with Crippen molar-refractivity contribution < 1.29 is 9.53 Å². The van der Waals surface area contributed by atoms with Crippen LogP contribution >= 0.6 is 22.6 Å². The van der Waals surface area contributed by atoms with Gasteiger partial charge in [0, 0.05) is 10.1 Å². The zero-order valence-electron chi connectivity index (χ0n) is 12.5. The molecule has 1 unspecified atom stereocenters. The van der Waals surface area contributed by atoms with Crippen molar-refractivity contribution >= 4 is 28.5 Å². The van der Waals surface area contributed by atoms with Gasteiger partial charge in [-0.15, -0.1) is 0 Å². The van der Waals surface area contributed by atoms with E-state index < -0.39 is 0 Å². The predicted octanol–water partition coefficient (Wildman–Crippen LogP) is 3.81. The second-order valence-electron chi connectivity index (χ2n) is 5.50. The monoisotopic (exact) mass is 407 g/mol. The van der Waals surface area contributed by atoms with Crippen LogP contribution in [-0.4, -0.2) is 30.5 Å². The van der Waals surface area contributed by atoms with Gasteiger partial charge in [0.25, 0.3) is 5.91 Å². The maximum atomic E-state index is 12.7. The summed E-state index contributed by atoms with van der Waals surface area (Å²) in [5.41, 5.74) is 3.13. The fourth-order valence-electron chi connectivity index (χ4n) is 2.62. The first-order valence-corrected chi connectivity index (χ1v) is 8.45. The average molecular weight is 407 g/mol. The number of benzene rings is 2. The van der Waals surface area contributed by atoms with E-state index in [2.05, 4.69) is 53.8 Å². The molecule has 1 amide bonds. The highest BCUT2D eigenvalue weighted by Gasteiger charge is 2.26. The quantitative estimate of drug-likeness (QED) is 0.709. The number of morpholine rings is 1. The highest BCUT2D eigenvalue weighted by molar-refractivity contribution is 14.1. The molecule has 0 N–H and O–H groups in total. The van der Waals surface area contributed by atoms with Gasteiger partial charge in [-0.25, -0.2) is 0 Å². The van der Waals surface area contributed by atoms with Crippen molar-refractivity contribution in [1.82, 2.24) is 4.90 Å². The van der Waals surface area contributed by atoms with Gasteiger partial charge in [0.15, 0.2) is 0 Å². The molecule has 1 fully saturated rings. The molecule has 22 heavy (non-hydrogen) atoms. The Bertz CT molecular complexity index is 669. The number of aryl methyl sites for hydroxylation is 1. The molecule has 1 saturated heterocycles. The Balaban J connectivity index is 1.77. The second kappa shape index (κ2) is 6.79. The minimum Gasteiger partial charge on any atom is -0.370 e. The Morgan fingerprint density at radius 2 is 1.91 bits per heavy atom. The summed E-state index contributed by atoms with van der Waals surface area (Å²) >= 11 is 2.21. The van der Waals surface area contributed by atoms with Gasteiger partial charge < -0.3 is 9.64 Å². The van der Waals surface area contributed by atoms with Crippen molar-refractivity contribution in [3.8, 4) is 0 Å². The molecule has 0 radical (unpaired) electrons. The Kier molecular flexibility index (Phi) is 4.78. The number of carbonyl (C=O) groups is 1. The van der Waals surface area contributed by atoms with E-state index >= 15 is 0 Å². The molecule has 1 aliphatic heterocycles. The van der Waals surface area contributed by atoms with Crippen molar-refractivity contribution in [2.45, 2.75) is 13.0 Å². The summed E-state index contributed by atoms with van der Waals surface area (Å²) in [5.74, 6) is 0.0883. The summed E-state index contributed by atoms with van der Waals surface area (Å²) in [4.78, 5) is 14.6. The van der Waals surface area contributed by atoms with Gasteiger partial charge in [-0.05, 0) is 47.2 Å². The number of amides is 1. The third-order valence-corrected chi connectivity index (χ3v) is 4.85. The van der Waals surface area contributed by atoms with Crippen molar-refractivity contribution in [2.75, 3.05) is 19.7 Å². The summed E-state index contributed by atoms with van der Waals surface area (Å²) in [6.07, 6.45) is -0.0420. The van der Waals surface area contributed by atoms with Gasteiger partial charge >= 0.3 is 0 Å². The topological polar surface area (TPSA) is 29.5 Å². The van der Waals surface area contributed by atoms with E-state index in [0.29, 0.717) is 19.7 Å². The van der Waals surface area contributed by atoms with Crippen LogP contribution in [0, 0.1) is 10.5 Å². The van der Waals surface area contributed by atoms with Gasteiger partial charge in [-0.1, -0.05) is 42.0 Å². The largest absolute Gasteiger partial charge is 0.370 e. The van der Waals surface area contributed by atoms with E-state index in [-0.39, 0.29) is 12.0 Å². The lowest BCUT2D eigenvalue weighted by atomic mass is 10.1. The fourth-order valence-corrected chi connectivity index (χ4v) is 3.24. The third-order valence-electron chi connectivity index (χ3n) is 3.91. The van der Waals surface area contributed by atoms with Crippen LogP contribution in [0.2, 0.25) is 0 Å². The number of rotatable bonds is 2. The van der Waals surface area contributed by atoms with Crippen molar-refractivity contribution in [2.24, 2.45) is 0 Å². The van der Waals surface area contributed by atoms with Crippen LogP contribution < -0.4 is 0 Å². The number of carbonyl (C=O) groups excluding carboxylic acids is 1. The number of nitrogens with zero attached hydrogens (tertiary/aromatic N) is 1. The highest BCUT2D eigenvalue weighted by Crippen LogP contribution is 2.24. The van der Waals surface area contributed by atoms with Crippen molar-refractivity contribution in [1.29, 1.82) is 0 Å². The zero-order valence-corrected chi connectivity index (χ0v) is 14.6. The lowest BCUT2D eigenvalue weighted by Gasteiger charge is -2.33. The standard InChI is InChI=1S/C18H18INO2/c1-13-6-8-14(9-7-13)17-12-20(10-11-22-17)18(21)15-4-2-3-5-16(15)19/h2-9,17H,10-12H2,1H3. The highest BCUT2D eigenvalue weighted by atomic mass is 127. The van der Waals surface area contributed by atoms with Crippen LogP contribution in [-0.2, 0) is 4.74 Å². The van der Waals surface area contributed by atoms with Crippen LogP contribution in [0.25, 0.3) is 0 Å². The molecule has 3 rings (SSSR count). The van der Waals surface area contributed by atoms with Gasteiger partial charge in [0.1, 0.15) is 6.10 Å². The Hall–Kier alpha value is -1.40. The van der Waals surface area contributed by atoms with E-state index in [4.69, 9.17) is 4.74 Å². The smallest absolute Gasteiger partial charge is 0.255 e. The summed E-state index contributed by atoms with van der Waals surface area (Å²) in [6, 6.07) is 16.0. The molecular formula is C18H18INO2. The molecule has 0 saturated carbocycles. The van der Waals surface area contributed by atoms with Crippen molar-refractivity contribution in [3.05, 3.63) is 68.8 Å². The molecule has 0 aliphatic carbocycles. The summed E-state index contributed by atoms with van der Waals surface area (Å²) in [7, 11) is 0. The van der Waals surface area contributed by atoms with Crippen LogP contribution in [0.3, 0.4) is 0 Å². The maximum absolute atomic E-state index is 12.7. The van der Waals surface area contributed by atoms with Crippen LogP contribution in [0.15, 0.2) is 48.5 Å². The van der Waals surface area contributed by atoms with E-state index in [1.165, 1.54) is 5.56 Å². The van der Waals surface area contributed by atoms with Gasteiger partial charge in [-0.3, -0.25) is 4.79 Å². The number of hydrogen-bond donors (Lipinski definition) is 0. The van der Waals surface area contributed by atoms with E-state index in [1.807, 2.05) is 29.2 Å². The normalized spacial score (nSPS) is 18.3. The molecule has 4 heteroatoms. The molecule has 1 atom stereocenters. The van der Waals surface area contributed by atoms with E-state index in [1.54, 1.807) is 0 Å². The second-order valence-corrected chi connectivity index (χ2v) is 6.66. The minimum atomic E-state index is -0.0420. The minimum absolute atomic E-state index is 0.0420. The van der Waals surface area contributed by atoms with E-state index in [9.17, 15) is 4.79 Å². The lowest BCUT2D eigenvalue weighted by molar-refractivity contribution is -0.0228. The number of hydrogen-bond acceptors (Lipinski definition) is 2. The molecule has 0 bridgehead atoms. The first-order valence-electron chi connectivity index (χ1n) is 7.37. The average Bonchev–Trinajstić information content (AvgIpc) is 2.55. The van der Waals surface area contributed by atoms with Crippen LogP contribution in [0.4, 0.5) is 0 Å². The first kappa shape index (κ1) is 15.5. The number of halogens is 1.